The number of nitrogens with zero attached hydrogens (tertiary/aromatic N) is 1. The lowest BCUT2D eigenvalue weighted by Gasteiger charge is -2.29. The summed E-state index contributed by atoms with van der Waals surface area (Å²) in [4.78, 5) is 3.79. The van der Waals surface area contributed by atoms with E-state index >= 15 is 0 Å². The van der Waals surface area contributed by atoms with Crippen molar-refractivity contribution in [1.29, 1.82) is 0 Å². The second-order valence-corrected chi connectivity index (χ2v) is 6.73. The van der Waals surface area contributed by atoms with E-state index in [9.17, 15) is 4.39 Å². The molecule has 1 heterocycles. The maximum Gasteiger partial charge on any atom is 0.212 e. The zero-order valence-corrected chi connectivity index (χ0v) is 14.4. The predicted octanol–water partition coefficient (Wildman–Crippen LogP) is 5.84. The first-order valence-electron chi connectivity index (χ1n) is 9.10. The highest BCUT2D eigenvalue weighted by molar-refractivity contribution is 5.30. The van der Waals surface area contributed by atoms with E-state index in [1.165, 1.54) is 30.0 Å². The van der Waals surface area contributed by atoms with E-state index in [0.29, 0.717) is 11.8 Å². The third-order valence-electron chi connectivity index (χ3n) is 5.07. The molecule has 0 spiro atoms. The van der Waals surface area contributed by atoms with Crippen LogP contribution in [0.15, 0.2) is 42.6 Å². The summed E-state index contributed by atoms with van der Waals surface area (Å²) in [6, 6.07) is 12.0. The summed E-state index contributed by atoms with van der Waals surface area (Å²) in [5.74, 6) is 1.72. The van der Waals surface area contributed by atoms with Crippen molar-refractivity contribution in [2.24, 2.45) is 0 Å². The Hall–Kier alpha value is -1.90. The van der Waals surface area contributed by atoms with E-state index in [1.807, 2.05) is 6.07 Å². The minimum absolute atomic E-state index is 0.395. The van der Waals surface area contributed by atoms with E-state index < -0.39 is 5.95 Å². The van der Waals surface area contributed by atoms with E-state index in [0.717, 1.165) is 38.0 Å². The standard InChI is InChI=1S/C21H26FNO/c1-2-3-14-24-20-11-8-17(9-12-20)16-4-6-18(7-5-16)19-10-13-21(22)23-15-19/h8-13,15-16,18H,2-7,14H2,1H3/t16-,18-. The summed E-state index contributed by atoms with van der Waals surface area (Å²) in [5.41, 5.74) is 2.59. The number of rotatable bonds is 6. The van der Waals surface area contributed by atoms with Gasteiger partial charge in [0.25, 0.3) is 0 Å². The SMILES string of the molecule is CCCCOc1ccc([C@H]2CC[C@H](c3ccc(F)nc3)CC2)cc1. The topological polar surface area (TPSA) is 22.1 Å². The molecule has 3 rings (SSSR count). The van der Waals surface area contributed by atoms with Gasteiger partial charge >= 0.3 is 0 Å². The zero-order valence-electron chi connectivity index (χ0n) is 14.4. The van der Waals surface area contributed by atoms with Crippen molar-refractivity contribution >= 4 is 0 Å². The van der Waals surface area contributed by atoms with E-state index in [-0.39, 0.29) is 0 Å². The fourth-order valence-corrected chi connectivity index (χ4v) is 3.56. The molecule has 0 amide bonds. The van der Waals surface area contributed by atoms with Gasteiger partial charge in [0.15, 0.2) is 0 Å². The minimum atomic E-state index is -0.395. The summed E-state index contributed by atoms with van der Waals surface area (Å²) in [5, 5.41) is 0. The number of unbranched alkanes of at least 4 members (excludes halogenated alkanes) is 1. The minimum Gasteiger partial charge on any atom is -0.494 e. The van der Waals surface area contributed by atoms with E-state index in [2.05, 4.69) is 36.2 Å². The molecule has 2 aromatic rings. The Balaban J connectivity index is 1.53. The lowest BCUT2D eigenvalue weighted by Crippen LogP contribution is -2.12. The molecule has 0 aliphatic heterocycles. The number of aromatic nitrogens is 1. The van der Waals surface area contributed by atoms with Crippen LogP contribution in [0.2, 0.25) is 0 Å². The molecular formula is C21H26FNO. The van der Waals surface area contributed by atoms with Gasteiger partial charge in [0.05, 0.1) is 6.61 Å². The molecule has 2 nitrogen and oxygen atoms in total. The van der Waals surface area contributed by atoms with Crippen LogP contribution in [0, 0.1) is 5.95 Å². The molecule has 1 aliphatic rings. The number of halogens is 1. The molecule has 1 aromatic heterocycles. The van der Waals surface area contributed by atoms with Gasteiger partial charge in [0.1, 0.15) is 5.75 Å². The summed E-state index contributed by atoms with van der Waals surface area (Å²) >= 11 is 0. The fourth-order valence-electron chi connectivity index (χ4n) is 3.56. The third kappa shape index (κ3) is 4.34. The molecule has 1 saturated carbocycles. The Labute approximate surface area is 144 Å². The molecule has 0 unspecified atom stereocenters. The van der Waals surface area contributed by atoms with Crippen LogP contribution in [-0.4, -0.2) is 11.6 Å². The quantitative estimate of drug-likeness (QED) is 0.491. The van der Waals surface area contributed by atoms with Crippen LogP contribution in [0.5, 0.6) is 5.75 Å². The van der Waals surface area contributed by atoms with Gasteiger partial charge in [0, 0.05) is 6.20 Å². The van der Waals surface area contributed by atoms with Gasteiger partial charge in [-0.05, 0) is 73.3 Å². The molecule has 0 N–H and O–H groups in total. The fraction of sp³-hybridized carbons (Fsp3) is 0.476. The summed E-state index contributed by atoms with van der Waals surface area (Å²) in [6.45, 7) is 2.97. The van der Waals surface area contributed by atoms with Crippen LogP contribution >= 0.6 is 0 Å². The first-order chi connectivity index (χ1) is 11.8. The van der Waals surface area contributed by atoms with Crippen molar-refractivity contribution in [3.63, 3.8) is 0 Å². The number of hydrogen-bond acceptors (Lipinski definition) is 2. The number of pyridine rings is 1. The summed E-state index contributed by atoms with van der Waals surface area (Å²) < 4.78 is 18.7. The van der Waals surface area contributed by atoms with E-state index in [4.69, 9.17) is 4.74 Å². The Kier molecular flexibility index (Phi) is 5.84. The van der Waals surface area contributed by atoms with Gasteiger partial charge in [-0.15, -0.1) is 0 Å². The number of benzene rings is 1. The van der Waals surface area contributed by atoms with Crippen LogP contribution in [0.4, 0.5) is 4.39 Å². The second-order valence-electron chi connectivity index (χ2n) is 6.73. The maximum absolute atomic E-state index is 12.9. The van der Waals surface area contributed by atoms with Crippen LogP contribution < -0.4 is 4.74 Å². The van der Waals surface area contributed by atoms with Crippen molar-refractivity contribution in [2.45, 2.75) is 57.3 Å². The lowest BCUT2D eigenvalue weighted by molar-refractivity contribution is 0.309. The molecule has 128 valence electrons. The van der Waals surface area contributed by atoms with Crippen molar-refractivity contribution in [1.82, 2.24) is 4.98 Å². The number of hydrogen-bond donors (Lipinski definition) is 0. The molecule has 0 radical (unpaired) electrons. The largest absolute Gasteiger partial charge is 0.494 e. The first kappa shape index (κ1) is 16.9. The van der Waals surface area contributed by atoms with Crippen LogP contribution in [0.25, 0.3) is 0 Å². The highest BCUT2D eigenvalue weighted by Crippen LogP contribution is 2.40. The molecule has 3 heteroatoms. The average Bonchev–Trinajstić information content (AvgIpc) is 2.63. The van der Waals surface area contributed by atoms with Crippen molar-refractivity contribution < 1.29 is 9.13 Å². The van der Waals surface area contributed by atoms with Gasteiger partial charge < -0.3 is 4.74 Å². The molecule has 1 aromatic carbocycles. The highest BCUT2D eigenvalue weighted by atomic mass is 19.1. The molecule has 0 bridgehead atoms. The van der Waals surface area contributed by atoms with Crippen LogP contribution in [0.3, 0.4) is 0 Å². The van der Waals surface area contributed by atoms with Gasteiger partial charge in [-0.1, -0.05) is 31.5 Å². The van der Waals surface area contributed by atoms with Crippen molar-refractivity contribution in [3.8, 4) is 5.75 Å². The third-order valence-corrected chi connectivity index (χ3v) is 5.07. The molecule has 0 saturated heterocycles. The molecule has 24 heavy (non-hydrogen) atoms. The van der Waals surface area contributed by atoms with Crippen molar-refractivity contribution in [2.75, 3.05) is 6.61 Å². The van der Waals surface area contributed by atoms with E-state index in [1.54, 1.807) is 6.20 Å². The smallest absolute Gasteiger partial charge is 0.212 e. The monoisotopic (exact) mass is 327 g/mol. The van der Waals surface area contributed by atoms with Gasteiger partial charge in [-0.25, -0.2) is 4.98 Å². The molecule has 1 aliphatic carbocycles. The van der Waals surface area contributed by atoms with Crippen molar-refractivity contribution in [3.05, 3.63) is 59.7 Å². The Morgan fingerprint density at radius 2 is 1.58 bits per heavy atom. The first-order valence-corrected chi connectivity index (χ1v) is 9.10. The predicted molar refractivity (Wildman–Crippen MR) is 95.0 cm³/mol. The zero-order chi connectivity index (χ0) is 16.8. The Bertz CT molecular complexity index is 615. The molecular weight excluding hydrogens is 301 g/mol. The van der Waals surface area contributed by atoms with Gasteiger partial charge in [-0.3, -0.25) is 0 Å². The van der Waals surface area contributed by atoms with Crippen LogP contribution in [0.1, 0.15) is 68.4 Å². The molecule has 1 fully saturated rings. The Morgan fingerprint density at radius 3 is 2.17 bits per heavy atom. The second kappa shape index (κ2) is 8.27. The van der Waals surface area contributed by atoms with Gasteiger partial charge in [-0.2, -0.15) is 4.39 Å². The maximum atomic E-state index is 12.9. The normalized spacial score (nSPS) is 20.8. The summed E-state index contributed by atoms with van der Waals surface area (Å²) in [6.07, 6.45) is 8.60. The average molecular weight is 327 g/mol. The van der Waals surface area contributed by atoms with Gasteiger partial charge in [0.2, 0.25) is 5.95 Å². The Morgan fingerprint density at radius 1 is 0.958 bits per heavy atom. The highest BCUT2D eigenvalue weighted by Gasteiger charge is 2.23. The molecule has 0 atom stereocenters. The van der Waals surface area contributed by atoms with Crippen LogP contribution in [-0.2, 0) is 0 Å². The lowest BCUT2D eigenvalue weighted by atomic mass is 9.76. The number of ether oxygens (including phenoxy) is 1. The summed E-state index contributed by atoms with van der Waals surface area (Å²) in [7, 11) is 0.